The third-order valence-electron chi connectivity index (χ3n) is 6.74. The number of nitrogens with zero attached hydrogens (tertiary/aromatic N) is 3. The van der Waals surface area contributed by atoms with Crippen LogP contribution in [0, 0.1) is 0 Å². The Bertz CT molecular complexity index is 1170. The van der Waals surface area contributed by atoms with E-state index in [2.05, 4.69) is 34.5 Å². The summed E-state index contributed by atoms with van der Waals surface area (Å²) in [6.07, 6.45) is 6.76. The van der Waals surface area contributed by atoms with Gasteiger partial charge in [0, 0.05) is 32.0 Å². The molecule has 0 atom stereocenters. The van der Waals surface area contributed by atoms with E-state index in [1.165, 1.54) is 37.9 Å². The second kappa shape index (κ2) is 9.87. The molecule has 1 aliphatic carbocycles. The summed E-state index contributed by atoms with van der Waals surface area (Å²) < 4.78 is 1.82. The Morgan fingerprint density at radius 2 is 1.70 bits per heavy atom. The summed E-state index contributed by atoms with van der Waals surface area (Å²) in [5.74, 6) is 0.704. The first-order chi connectivity index (χ1) is 16.2. The molecule has 6 heteroatoms. The summed E-state index contributed by atoms with van der Waals surface area (Å²) in [4.78, 5) is 32.7. The molecule has 5 rings (SSSR count). The van der Waals surface area contributed by atoms with E-state index in [4.69, 9.17) is 4.98 Å². The van der Waals surface area contributed by atoms with Crippen LogP contribution in [0.5, 0.6) is 0 Å². The second-order valence-corrected chi connectivity index (χ2v) is 9.38. The monoisotopic (exact) mass is 444 g/mol. The van der Waals surface area contributed by atoms with Crippen LogP contribution < -0.4 is 10.9 Å². The first kappa shape index (κ1) is 21.8. The van der Waals surface area contributed by atoms with Crippen LogP contribution in [-0.2, 0) is 24.3 Å². The maximum atomic E-state index is 13.0. The molecule has 1 amide bonds. The van der Waals surface area contributed by atoms with E-state index in [-0.39, 0.29) is 17.5 Å². The van der Waals surface area contributed by atoms with Crippen molar-refractivity contribution in [2.24, 2.45) is 0 Å². The Kier molecular flexibility index (Phi) is 6.53. The minimum atomic E-state index is -0.0165. The topological polar surface area (TPSA) is 67.2 Å². The number of hydrogen-bond donors (Lipinski definition) is 1. The zero-order valence-corrected chi connectivity index (χ0v) is 19.1. The normalized spacial score (nSPS) is 16.7. The Labute approximate surface area is 194 Å². The highest BCUT2D eigenvalue weighted by Gasteiger charge is 2.28. The van der Waals surface area contributed by atoms with Crippen molar-refractivity contribution in [1.29, 1.82) is 0 Å². The van der Waals surface area contributed by atoms with Gasteiger partial charge in [0.2, 0.25) is 5.91 Å². The Morgan fingerprint density at radius 1 is 0.970 bits per heavy atom. The van der Waals surface area contributed by atoms with Gasteiger partial charge in [0.1, 0.15) is 5.82 Å². The van der Waals surface area contributed by atoms with Gasteiger partial charge in [-0.25, -0.2) is 4.98 Å². The maximum absolute atomic E-state index is 13.0. The van der Waals surface area contributed by atoms with Crippen LogP contribution in [-0.4, -0.2) is 33.4 Å². The van der Waals surface area contributed by atoms with Crippen molar-refractivity contribution in [2.45, 2.75) is 64.1 Å². The molecule has 2 aliphatic rings. The minimum Gasteiger partial charge on any atom is -0.352 e. The van der Waals surface area contributed by atoms with Crippen molar-refractivity contribution < 1.29 is 4.79 Å². The van der Waals surface area contributed by atoms with Crippen molar-refractivity contribution in [2.75, 3.05) is 13.1 Å². The molecule has 2 heterocycles. The first-order valence-electron chi connectivity index (χ1n) is 12.2. The standard InChI is InChI=1S/C27H32N4O2/c32-26(28-18-20-8-10-21(11-9-20)19-30-16-4-1-5-17-30)15-14-25-29-24-7-3-2-6-23(24)27(33)31(25)22-12-13-22/h2-3,6-11,22H,1,4-5,12-19H2,(H,28,32). The van der Waals surface area contributed by atoms with Crippen LogP contribution in [0.25, 0.3) is 10.9 Å². The average molecular weight is 445 g/mol. The highest BCUT2D eigenvalue weighted by Crippen LogP contribution is 2.34. The number of nitrogens with one attached hydrogen (secondary N) is 1. The predicted octanol–water partition coefficient (Wildman–Crippen LogP) is 3.97. The van der Waals surface area contributed by atoms with Gasteiger partial charge < -0.3 is 5.32 Å². The van der Waals surface area contributed by atoms with Crippen molar-refractivity contribution in [3.05, 3.63) is 75.8 Å². The molecule has 0 unspecified atom stereocenters. The van der Waals surface area contributed by atoms with E-state index >= 15 is 0 Å². The van der Waals surface area contributed by atoms with Crippen LogP contribution in [0.1, 0.15) is 61.5 Å². The van der Waals surface area contributed by atoms with Crippen LogP contribution >= 0.6 is 0 Å². The van der Waals surface area contributed by atoms with Crippen LogP contribution in [0.4, 0.5) is 0 Å². The first-order valence-corrected chi connectivity index (χ1v) is 12.2. The number of fused-ring (bicyclic) bond motifs is 1. The summed E-state index contributed by atoms with van der Waals surface area (Å²) in [6.45, 7) is 3.91. The second-order valence-electron chi connectivity index (χ2n) is 9.38. The average Bonchev–Trinajstić information content (AvgIpc) is 3.68. The van der Waals surface area contributed by atoms with Gasteiger partial charge in [0.05, 0.1) is 10.9 Å². The smallest absolute Gasteiger partial charge is 0.261 e. The van der Waals surface area contributed by atoms with Crippen molar-refractivity contribution in [3.8, 4) is 0 Å². The van der Waals surface area contributed by atoms with Gasteiger partial charge in [-0.05, 0) is 62.0 Å². The molecular formula is C27H32N4O2. The van der Waals surface area contributed by atoms with Gasteiger partial charge in [0.25, 0.3) is 5.56 Å². The molecule has 0 spiro atoms. The molecule has 1 N–H and O–H groups in total. The molecule has 1 aromatic heterocycles. The third kappa shape index (κ3) is 5.33. The van der Waals surface area contributed by atoms with E-state index < -0.39 is 0 Å². The number of aryl methyl sites for hydroxylation is 1. The number of carbonyl (C=O) groups excluding carboxylic acids is 1. The predicted molar refractivity (Wildman–Crippen MR) is 130 cm³/mol. The van der Waals surface area contributed by atoms with Gasteiger partial charge >= 0.3 is 0 Å². The van der Waals surface area contributed by atoms with Gasteiger partial charge in [0.15, 0.2) is 0 Å². The van der Waals surface area contributed by atoms with E-state index in [1.807, 2.05) is 28.8 Å². The summed E-state index contributed by atoms with van der Waals surface area (Å²) >= 11 is 0. The number of piperidine rings is 1. The highest BCUT2D eigenvalue weighted by atomic mass is 16.1. The van der Waals surface area contributed by atoms with Gasteiger partial charge in [-0.3, -0.25) is 19.1 Å². The Hall–Kier alpha value is -2.99. The summed E-state index contributed by atoms with van der Waals surface area (Å²) in [7, 11) is 0. The highest BCUT2D eigenvalue weighted by molar-refractivity contribution is 5.78. The molecule has 1 aliphatic heterocycles. The molecule has 1 saturated heterocycles. The molecule has 0 bridgehead atoms. The number of hydrogen-bond acceptors (Lipinski definition) is 4. The lowest BCUT2D eigenvalue weighted by molar-refractivity contribution is -0.121. The summed E-state index contributed by atoms with van der Waals surface area (Å²) in [5, 5.41) is 3.68. The van der Waals surface area contributed by atoms with Crippen molar-refractivity contribution >= 4 is 16.8 Å². The number of benzene rings is 2. The molecule has 6 nitrogen and oxygen atoms in total. The summed E-state index contributed by atoms with van der Waals surface area (Å²) in [5.41, 5.74) is 3.15. The van der Waals surface area contributed by atoms with Crippen LogP contribution in [0.2, 0.25) is 0 Å². The van der Waals surface area contributed by atoms with Crippen molar-refractivity contribution in [3.63, 3.8) is 0 Å². The van der Waals surface area contributed by atoms with Gasteiger partial charge in [-0.15, -0.1) is 0 Å². The quantitative estimate of drug-likeness (QED) is 0.571. The lowest BCUT2D eigenvalue weighted by Crippen LogP contribution is -2.29. The molecular weight excluding hydrogens is 412 g/mol. The Morgan fingerprint density at radius 3 is 2.45 bits per heavy atom. The lowest BCUT2D eigenvalue weighted by atomic mass is 10.1. The van der Waals surface area contributed by atoms with Crippen molar-refractivity contribution in [1.82, 2.24) is 19.8 Å². The van der Waals surface area contributed by atoms with Gasteiger partial charge in [-0.2, -0.15) is 0 Å². The Balaban J connectivity index is 1.16. The molecule has 3 aromatic rings. The number of para-hydroxylation sites is 1. The SMILES string of the molecule is O=C(CCc1nc2ccccc2c(=O)n1C1CC1)NCc1ccc(CN2CCCCC2)cc1. The lowest BCUT2D eigenvalue weighted by Gasteiger charge is -2.26. The van der Waals surface area contributed by atoms with Crippen LogP contribution in [0.3, 0.4) is 0 Å². The molecule has 2 aromatic carbocycles. The number of carbonyl (C=O) groups is 1. The summed E-state index contributed by atoms with van der Waals surface area (Å²) in [6, 6.07) is 16.2. The maximum Gasteiger partial charge on any atom is 0.261 e. The molecule has 1 saturated carbocycles. The number of aromatic nitrogens is 2. The molecule has 33 heavy (non-hydrogen) atoms. The zero-order chi connectivity index (χ0) is 22.6. The molecule has 0 radical (unpaired) electrons. The van der Waals surface area contributed by atoms with Crippen LogP contribution in [0.15, 0.2) is 53.3 Å². The third-order valence-corrected chi connectivity index (χ3v) is 6.74. The van der Waals surface area contributed by atoms with E-state index in [9.17, 15) is 9.59 Å². The fourth-order valence-electron chi connectivity index (χ4n) is 4.73. The minimum absolute atomic E-state index is 0.0165. The largest absolute Gasteiger partial charge is 0.352 e. The number of amides is 1. The number of rotatable bonds is 8. The molecule has 2 fully saturated rings. The van der Waals surface area contributed by atoms with Gasteiger partial charge in [-0.1, -0.05) is 42.8 Å². The fraction of sp³-hybridized carbons (Fsp3) is 0.444. The zero-order valence-electron chi connectivity index (χ0n) is 19.1. The van der Waals surface area contributed by atoms with E-state index in [0.717, 1.165) is 30.8 Å². The van der Waals surface area contributed by atoms with E-state index in [0.29, 0.717) is 30.3 Å². The molecule has 172 valence electrons. The fourth-order valence-corrected chi connectivity index (χ4v) is 4.73. The number of likely N-dealkylation sites (tertiary alicyclic amines) is 1. The van der Waals surface area contributed by atoms with E-state index in [1.54, 1.807) is 0 Å².